The number of hydrogen-bond acceptors (Lipinski definition) is 5. The monoisotopic (exact) mass is 233 g/mol. The molecule has 0 aliphatic carbocycles. The largest absolute Gasteiger partial charge is 0.481 e. The van der Waals surface area contributed by atoms with Gasteiger partial charge in [-0.25, -0.2) is 0 Å². The molecule has 0 bridgehead atoms. The maximum absolute atomic E-state index is 10.6. The summed E-state index contributed by atoms with van der Waals surface area (Å²) in [5.74, 6) is -2.56. The van der Waals surface area contributed by atoms with Gasteiger partial charge in [-0.1, -0.05) is 0 Å². The van der Waals surface area contributed by atoms with Crippen LogP contribution in [0.3, 0.4) is 0 Å². The van der Waals surface area contributed by atoms with E-state index in [-0.39, 0.29) is 19.6 Å². The quantitative estimate of drug-likeness (QED) is 0.353. The Morgan fingerprint density at radius 1 is 1.12 bits per heavy atom. The molecule has 0 heterocycles. The zero-order valence-corrected chi connectivity index (χ0v) is 8.63. The number of aliphatic carboxylic acids is 1. The molecule has 8 nitrogen and oxygen atoms in total. The van der Waals surface area contributed by atoms with E-state index in [1.54, 1.807) is 0 Å². The summed E-state index contributed by atoms with van der Waals surface area (Å²) < 4.78 is 0. The number of rotatable bonds is 8. The first-order valence-electron chi connectivity index (χ1n) is 4.50. The summed E-state index contributed by atoms with van der Waals surface area (Å²) in [6.45, 7) is -0.683. The van der Waals surface area contributed by atoms with Crippen molar-refractivity contribution in [2.24, 2.45) is 11.5 Å². The molecule has 8 heteroatoms. The third-order valence-electron chi connectivity index (χ3n) is 1.64. The van der Waals surface area contributed by atoms with Crippen LogP contribution >= 0.6 is 0 Å². The molecule has 1 unspecified atom stereocenters. The molecule has 0 aliphatic heterocycles. The molecule has 0 rings (SSSR count). The molecule has 92 valence electrons. The topological polar surface area (TPSA) is 147 Å². The fraction of sp³-hybridized carbons (Fsp3) is 0.625. The third-order valence-corrected chi connectivity index (χ3v) is 1.64. The van der Waals surface area contributed by atoms with Crippen molar-refractivity contribution in [1.29, 1.82) is 0 Å². The predicted octanol–water partition coefficient (Wildman–Crippen LogP) is -2.91. The second kappa shape index (κ2) is 6.75. The van der Waals surface area contributed by atoms with Crippen molar-refractivity contribution in [3.8, 4) is 0 Å². The Morgan fingerprint density at radius 2 is 1.56 bits per heavy atom. The Labute approximate surface area is 91.8 Å². The summed E-state index contributed by atoms with van der Waals surface area (Å²) in [4.78, 5) is 32.7. The van der Waals surface area contributed by atoms with Gasteiger partial charge < -0.3 is 21.7 Å². The Hall–Kier alpha value is -1.67. The molecule has 2 amide bonds. The minimum absolute atomic E-state index is 0.155. The Balaban J connectivity index is 4.23. The number of amides is 2. The van der Waals surface area contributed by atoms with E-state index in [1.165, 1.54) is 4.90 Å². The Bertz CT molecular complexity index is 265. The normalized spacial score (nSPS) is 12.4. The van der Waals surface area contributed by atoms with Gasteiger partial charge in [-0.05, 0) is 0 Å². The minimum atomic E-state index is -1.18. The third kappa shape index (κ3) is 7.71. The first-order chi connectivity index (χ1) is 7.31. The van der Waals surface area contributed by atoms with Gasteiger partial charge in [0.15, 0.2) is 0 Å². The standard InChI is InChI=1S/C8H15N3O5/c9-6(13)3-11(4-7(10)14)2-5(12)1-8(15)16/h5,12H,1-4H2,(H2,9,13)(H2,10,14)(H,15,16). The fourth-order valence-corrected chi connectivity index (χ4v) is 1.19. The van der Waals surface area contributed by atoms with Crippen LogP contribution in [0.4, 0.5) is 0 Å². The molecule has 0 aliphatic rings. The lowest BCUT2D eigenvalue weighted by Gasteiger charge is -2.21. The number of aliphatic hydroxyl groups is 1. The summed E-state index contributed by atoms with van der Waals surface area (Å²) in [6, 6.07) is 0. The van der Waals surface area contributed by atoms with Crippen molar-refractivity contribution in [3.63, 3.8) is 0 Å². The highest BCUT2D eigenvalue weighted by Gasteiger charge is 2.17. The molecule has 6 N–H and O–H groups in total. The smallest absolute Gasteiger partial charge is 0.306 e. The molecule has 0 aromatic rings. The van der Waals surface area contributed by atoms with Gasteiger partial charge in [0.05, 0.1) is 25.6 Å². The average Bonchev–Trinajstić information content (AvgIpc) is 1.97. The van der Waals surface area contributed by atoms with Gasteiger partial charge in [0.2, 0.25) is 11.8 Å². The summed E-state index contributed by atoms with van der Waals surface area (Å²) >= 11 is 0. The second-order valence-electron chi connectivity index (χ2n) is 3.35. The van der Waals surface area contributed by atoms with Crippen LogP contribution in [0, 0.1) is 0 Å². The van der Waals surface area contributed by atoms with Crippen molar-refractivity contribution in [2.75, 3.05) is 19.6 Å². The summed E-state index contributed by atoms with van der Waals surface area (Å²) in [6.07, 6.45) is -1.66. The van der Waals surface area contributed by atoms with Crippen molar-refractivity contribution >= 4 is 17.8 Å². The first-order valence-corrected chi connectivity index (χ1v) is 4.50. The lowest BCUT2D eigenvalue weighted by Crippen LogP contribution is -2.43. The van der Waals surface area contributed by atoms with Gasteiger partial charge >= 0.3 is 5.97 Å². The number of hydrogen-bond donors (Lipinski definition) is 4. The first kappa shape index (κ1) is 14.3. The van der Waals surface area contributed by atoms with E-state index in [4.69, 9.17) is 16.6 Å². The molecule has 0 saturated heterocycles. The molecule has 1 atom stereocenters. The van der Waals surface area contributed by atoms with Crippen molar-refractivity contribution < 1.29 is 24.6 Å². The van der Waals surface area contributed by atoms with Crippen LogP contribution in [-0.4, -0.2) is 58.6 Å². The van der Waals surface area contributed by atoms with Crippen molar-refractivity contribution in [3.05, 3.63) is 0 Å². The summed E-state index contributed by atoms with van der Waals surface area (Å²) in [5, 5.41) is 17.7. The second-order valence-corrected chi connectivity index (χ2v) is 3.35. The van der Waals surface area contributed by atoms with E-state index in [2.05, 4.69) is 0 Å². The fourth-order valence-electron chi connectivity index (χ4n) is 1.19. The van der Waals surface area contributed by atoms with Gasteiger partial charge in [0, 0.05) is 6.54 Å². The molecular formula is C8H15N3O5. The van der Waals surface area contributed by atoms with Gasteiger partial charge in [-0.3, -0.25) is 19.3 Å². The SMILES string of the molecule is NC(=O)CN(CC(N)=O)CC(O)CC(=O)O. The highest BCUT2D eigenvalue weighted by atomic mass is 16.4. The molecule has 0 aromatic carbocycles. The van der Waals surface area contributed by atoms with Crippen molar-refractivity contribution in [1.82, 2.24) is 4.90 Å². The lowest BCUT2D eigenvalue weighted by molar-refractivity contribution is -0.139. The minimum Gasteiger partial charge on any atom is -0.481 e. The number of carboxylic acid groups (broad SMARTS) is 1. The Kier molecular flexibility index (Phi) is 6.04. The zero-order valence-electron chi connectivity index (χ0n) is 8.63. The highest BCUT2D eigenvalue weighted by Crippen LogP contribution is 1.97. The van der Waals surface area contributed by atoms with E-state index >= 15 is 0 Å². The average molecular weight is 233 g/mol. The molecule has 0 aromatic heterocycles. The maximum Gasteiger partial charge on any atom is 0.306 e. The van der Waals surface area contributed by atoms with Crippen LogP contribution in [0.2, 0.25) is 0 Å². The van der Waals surface area contributed by atoms with E-state index in [0.29, 0.717) is 0 Å². The van der Waals surface area contributed by atoms with Crippen molar-refractivity contribution in [2.45, 2.75) is 12.5 Å². The number of nitrogens with two attached hydrogens (primary N) is 2. The summed E-state index contributed by atoms with van der Waals surface area (Å²) in [5.41, 5.74) is 9.83. The number of carbonyl (C=O) groups is 3. The number of primary amides is 2. The predicted molar refractivity (Wildman–Crippen MR) is 53.1 cm³/mol. The molecular weight excluding hydrogens is 218 g/mol. The molecule has 16 heavy (non-hydrogen) atoms. The van der Waals surface area contributed by atoms with Crippen LogP contribution < -0.4 is 11.5 Å². The number of carbonyl (C=O) groups excluding carboxylic acids is 2. The van der Waals surface area contributed by atoms with Crippen LogP contribution in [0.1, 0.15) is 6.42 Å². The van der Waals surface area contributed by atoms with E-state index in [0.717, 1.165) is 0 Å². The molecule has 0 radical (unpaired) electrons. The lowest BCUT2D eigenvalue weighted by atomic mass is 10.2. The van der Waals surface area contributed by atoms with Crippen LogP contribution in [0.25, 0.3) is 0 Å². The highest BCUT2D eigenvalue weighted by molar-refractivity contribution is 5.79. The van der Waals surface area contributed by atoms with E-state index in [1.807, 2.05) is 0 Å². The molecule has 0 spiro atoms. The van der Waals surface area contributed by atoms with Crippen LogP contribution in [0.5, 0.6) is 0 Å². The Morgan fingerprint density at radius 3 is 1.88 bits per heavy atom. The molecule has 0 saturated carbocycles. The van der Waals surface area contributed by atoms with E-state index in [9.17, 15) is 19.5 Å². The van der Waals surface area contributed by atoms with Crippen LogP contribution in [0.15, 0.2) is 0 Å². The van der Waals surface area contributed by atoms with Crippen LogP contribution in [-0.2, 0) is 14.4 Å². The number of nitrogens with zero attached hydrogens (tertiary/aromatic N) is 1. The van der Waals surface area contributed by atoms with Gasteiger partial charge in [0.1, 0.15) is 0 Å². The van der Waals surface area contributed by atoms with Gasteiger partial charge in [-0.2, -0.15) is 0 Å². The van der Waals surface area contributed by atoms with E-state index < -0.39 is 30.3 Å². The van der Waals surface area contributed by atoms with Gasteiger partial charge in [-0.15, -0.1) is 0 Å². The molecule has 0 fully saturated rings. The number of carboxylic acids is 1. The maximum atomic E-state index is 10.6. The summed E-state index contributed by atoms with van der Waals surface area (Å²) in [7, 11) is 0. The number of aliphatic hydroxyl groups excluding tert-OH is 1. The van der Waals surface area contributed by atoms with Gasteiger partial charge in [0.25, 0.3) is 0 Å². The zero-order chi connectivity index (χ0) is 12.7.